The predicted molar refractivity (Wildman–Crippen MR) is 93.2 cm³/mol. The quantitative estimate of drug-likeness (QED) is 0.865. The summed E-state index contributed by atoms with van der Waals surface area (Å²) in [5, 5.41) is 2.67. The summed E-state index contributed by atoms with van der Waals surface area (Å²) < 4.78 is 19.1. The Bertz CT molecular complexity index is 763. The number of hydrogen-bond acceptors (Lipinski definition) is 2. The summed E-state index contributed by atoms with van der Waals surface area (Å²) in [7, 11) is 0. The van der Waals surface area contributed by atoms with Crippen molar-refractivity contribution in [1.29, 1.82) is 0 Å². The molecule has 1 aliphatic carbocycles. The van der Waals surface area contributed by atoms with Crippen LogP contribution < -0.4 is 10.1 Å². The average molecular weight is 348 g/mol. The second kappa shape index (κ2) is 7.22. The Morgan fingerprint density at radius 3 is 2.83 bits per heavy atom. The number of halogens is 2. The van der Waals surface area contributed by atoms with Gasteiger partial charge < -0.3 is 10.1 Å². The van der Waals surface area contributed by atoms with Crippen LogP contribution >= 0.6 is 11.6 Å². The van der Waals surface area contributed by atoms with Crippen LogP contribution in [-0.2, 0) is 17.6 Å². The lowest BCUT2D eigenvalue weighted by molar-refractivity contribution is -0.122. The van der Waals surface area contributed by atoms with Gasteiger partial charge in [-0.1, -0.05) is 23.7 Å². The maximum Gasteiger partial charge on any atom is 0.265 e. The minimum Gasteiger partial charge on any atom is -0.481 e. The number of anilines is 1. The molecule has 1 aliphatic rings. The van der Waals surface area contributed by atoms with E-state index in [0.717, 1.165) is 25.0 Å². The molecule has 24 heavy (non-hydrogen) atoms. The van der Waals surface area contributed by atoms with Crippen LogP contribution in [0.25, 0.3) is 0 Å². The number of nitrogens with one attached hydrogen (secondary N) is 1. The van der Waals surface area contributed by atoms with Crippen molar-refractivity contribution < 1.29 is 13.9 Å². The van der Waals surface area contributed by atoms with Crippen molar-refractivity contribution in [3.05, 3.63) is 58.4 Å². The van der Waals surface area contributed by atoms with Gasteiger partial charge >= 0.3 is 0 Å². The molecule has 0 unspecified atom stereocenters. The molecule has 3 nitrogen and oxygen atoms in total. The molecule has 0 saturated carbocycles. The fourth-order valence-electron chi connectivity index (χ4n) is 2.92. The monoisotopic (exact) mass is 347 g/mol. The zero-order chi connectivity index (χ0) is 17.1. The molecule has 0 heterocycles. The van der Waals surface area contributed by atoms with Gasteiger partial charge in [0.2, 0.25) is 0 Å². The zero-order valence-corrected chi connectivity index (χ0v) is 14.2. The topological polar surface area (TPSA) is 38.3 Å². The largest absolute Gasteiger partial charge is 0.481 e. The number of amides is 1. The number of ether oxygens (including phenoxy) is 1. The smallest absolute Gasteiger partial charge is 0.265 e. The van der Waals surface area contributed by atoms with E-state index < -0.39 is 11.9 Å². The van der Waals surface area contributed by atoms with Crippen molar-refractivity contribution >= 4 is 23.2 Å². The van der Waals surface area contributed by atoms with E-state index in [1.165, 1.54) is 35.7 Å². The average Bonchev–Trinajstić information content (AvgIpc) is 2.58. The number of rotatable bonds is 4. The van der Waals surface area contributed by atoms with Gasteiger partial charge in [0.05, 0.1) is 5.02 Å². The molecular formula is C19H19ClFNO2. The first-order chi connectivity index (χ1) is 11.5. The molecule has 0 radical (unpaired) electrons. The summed E-state index contributed by atoms with van der Waals surface area (Å²) in [6.45, 7) is 1.70. The van der Waals surface area contributed by atoms with Crippen LogP contribution in [-0.4, -0.2) is 12.0 Å². The Labute approximate surface area is 145 Å². The third-order valence-electron chi connectivity index (χ3n) is 4.21. The van der Waals surface area contributed by atoms with E-state index in [1.54, 1.807) is 6.92 Å². The van der Waals surface area contributed by atoms with E-state index in [1.807, 2.05) is 12.1 Å². The molecular weight excluding hydrogens is 329 g/mol. The van der Waals surface area contributed by atoms with Crippen LogP contribution in [0.15, 0.2) is 36.4 Å². The van der Waals surface area contributed by atoms with Gasteiger partial charge in [-0.25, -0.2) is 4.39 Å². The fraction of sp³-hybridized carbons (Fsp3) is 0.316. The molecule has 1 atom stereocenters. The van der Waals surface area contributed by atoms with Gasteiger partial charge in [0.25, 0.3) is 5.91 Å². The van der Waals surface area contributed by atoms with Gasteiger partial charge in [-0.15, -0.1) is 0 Å². The SMILES string of the molecule is C[C@H](Oc1cccc2c1CCCC2)C(=O)Nc1ccc(F)c(Cl)c1. The van der Waals surface area contributed by atoms with Crippen LogP contribution in [0.2, 0.25) is 5.02 Å². The molecule has 1 N–H and O–H groups in total. The Morgan fingerprint density at radius 2 is 2.04 bits per heavy atom. The third-order valence-corrected chi connectivity index (χ3v) is 4.50. The first-order valence-corrected chi connectivity index (χ1v) is 8.46. The van der Waals surface area contributed by atoms with E-state index in [-0.39, 0.29) is 10.9 Å². The summed E-state index contributed by atoms with van der Waals surface area (Å²) in [6.07, 6.45) is 3.70. The summed E-state index contributed by atoms with van der Waals surface area (Å²) in [5.74, 6) is -0.0482. The second-order valence-electron chi connectivity index (χ2n) is 5.98. The van der Waals surface area contributed by atoms with E-state index in [2.05, 4.69) is 11.4 Å². The molecule has 126 valence electrons. The highest BCUT2D eigenvalue weighted by Gasteiger charge is 2.19. The van der Waals surface area contributed by atoms with Crippen LogP contribution in [0, 0.1) is 5.82 Å². The lowest BCUT2D eigenvalue weighted by Gasteiger charge is -2.22. The van der Waals surface area contributed by atoms with Crippen LogP contribution in [0.4, 0.5) is 10.1 Å². The Hall–Kier alpha value is -2.07. The normalized spacial score (nSPS) is 14.6. The van der Waals surface area contributed by atoms with Gasteiger partial charge in [-0.05, 0) is 68.0 Å². The lowest BCUT2D eigenvalue weighted by atomic mass is 9.91. The Morgan fingerprint density at radius 1 is 1.25 bits per heavy atom. The standard InChI is InChI=1S/C19H19ClFNO2/c1-12(19(23)22-14-9-10-17(21)16(20)11-14)24-18-8-4-6-13-5-2-3-7-15(13)18/h4,6,8-12H,2-3,5,7H2,1H3,(H,22,23)/t12-/m0/s1. The van der Waals surface area contributed by atoms with Gasteiger partial charge in [0, 0.05) is 5.69 Å². The molecule has 3 rings (SSSR count). The summed E-state index contributed by atoms with van der Waals surface area (Å²) in [4.78, 5) is 12.3. The molecule has 5 heteroatoms. The maximum atomic E-state index is 13.2. The number of carbonyl (C=O) groups is 1. The van der Waals surface area contributed by atoms with Crippen molar-refractivity contribution in [3.8, 4) is 5.75 Å². The third kappa shape index (κ3) is 3.70. The molecule has 2 aromatic rings. The summed E-state index contributed by atoms with van der Waals surface area (Å²) in [5.41, 5.74) is 2.95. The number of aryl methyl sites for hydroxylation is 1. The van der Waals surface area contributed by atoms with Crippen LogP contribution in [0.1, 0.15) is 30.9 Å². The summed E-state index contributed by atoms with van der Waals surface area (Å²) >= 11 is 5.73. The van der Waals surface area contributed by atoms with Gasteiger partial charge in [0.1, 0.15) is 11.6 Å². The molecule has 0 spiro atoms. The van der Waals surface area contributed by atoms with E-state index in [9.17, 15) is 9.18 Å². The molecule has 0 fully saturated rings. The number of benzene rings is 2. The lowest BCUT2D eigenvalue weighted by Crippen LogP contribution is -2.30. The van der Waals surface area contributed by atoms with Gasteiger partial charge in [-0.2, -0.15) is 0 Å². The fourth-order valence-corrected chi connectivity index (χ4v) is 3.10. The number of fused-ring (bicyclic) bond motifs is 1. The zero-order valence-electron chi connectivity index (χ0n) is 13.4. The molecule has 0 aliphatic heterocycles. The number of hydrogen-bond donors (Lipinski definition) is 1. The predicted octanol–water partition coefficient (Wildman–Crippen LogP) is 4.76. The molecule has 0 saturated heterocycles. The first-order valence-electron chi connectivity index (χ1n) is 8.08. The number of carbonyl (C=O) groups excluding carboxylic acids is 1. The maximum absolute atomic E-state index is 13.2. The Balaban J connectivity index is 1.69. The highest BCUT2D eigenvalue weighted by molar-refractivity contribution is 6.31. The minimum absolute atomic E-state index is 0.0292. The van der Waals surface area contributed by atoms with Crippen LogP contribution in [0.3, 0.4) is 0 Å². The van der Waals surface area contributed by atoms with Crippen molar-refractivity contribution in [2.45, 2.75) is 38.7 Å². The van der Waals surface area contributed by atoms with Gasteiger partial charge in [0.15, 0.2) is 6.10 Å². The van der Waals surface area contributed by atoms with Crippen molar-refractivity contribution in [3.63, 3.8) is 0 Å². The highest BCUT2D eigenvalue weighted by Crippen LogP contribution is 2.30. The molecule has 0 bridgehead atoms. The van der Waals surface area contributed by atoms with E-state index in [0.29, 0.717) is 5.69 Å². The Kier molecular flexibility index (Phi) is 5.05. The van der Waals surface area contributed by atoms with Crippen molar-refractivity contribution in [1.82, 2.24) is 0 Å². The van der Waals surface area contributed by atoms with Crippen molar-refractivity contribution in [2.75, 3.05) is 5.32 Å². The van der Waals surface area contributed by atoms with Gasteiger partial charge in [-0.3, -0.25) is 4.79 Å². The first kappa shape index (κ1) is 16.8. The van der Waals surface area contributed by atoms with E-state index in [4.69, 9.17) is 16.3 Å². The highest BCUT2D eigenvalue weighted by atomic mass is 35.5. The minimum atomic E-state index is -0.665. The van der Waals surface area contributed by atoms with Crippen molar-refractivity contribution in [2.24, 2.45) is 0 Å². The summed E-state index contributed by atoms with van der Waals surface area (Å²) in [6, 6.07) is 10.1. The van der Waals surface area contributed by atoms with Crippen LogP contribution in [0.5, 0.6) is 5.75 Å². The molecule has 1 amide bonds. The molecule has 2 aromatic carbocycles. The van der Waals surface area contributed by atoms with E-state index >= 15 is 0 Å². The molecule has 0 aromatic heterocycles. The second-order valence-corrected chi connectivity index (χ2v) is 6.39.